The first-order chi connectivity index (χ1) is 15.5. The van der Waals surface area contributed by atoms with Crippen molar-refractivity contribution >= 4 is 29.3 Å². The molecule has 0 bridgehead atoms. The fourth-order valence-electron chi connectivity index (χ4n) is 4.12. The lowest BCUT2D eigenvalue weighted by Gasteiger charge is -2.33. The highest BCUT2D eigenvalue weighted by Crippen LogP contribution is 2.26. The van der Waals surface area contributed by atoms with Crippen LogP contribution in [0.5, 0.6) is 0 Å². The number of piperazine rings is 1. The van der Waals surface area contributed by atoms with Crippen LogP contribution in [-0.2, 0) is 14.3 Å². The summed E-state index contributed by atoms with van der Waals surface area (Å²) in [7, 11) is 0. The second-order valence-electron chi connectivity index (χ2n) is 8.30. The Morgan fingerprint density at radius 3 is 2.53 bits per heavy atom. The van der Waals surface area contributed by atoms with E-state index in [-0.39, 0.29) is 23.7 Å². The first-order valence-electron chi connectivity index (χ1n) is 11.7. The molecule has 3 heterocycles. The maximum Gasteiger partial charge on any atom is 0.309 e. The predicted octanol–water partition coefficient (Wildman–Crippen LogP) is 2.04. The van der Waals surface area contributed by atoms with E-state index in [1.54, 1.807) is 24.1 Å². The van der Waals surface area contributed by atoms with Gasteiger partial charge in [-0.25, -0.2) is 4.98 Å². The molecule has 2 amide bonds. The van der Waals surface area contributed by atoms with Crippen molar-refractivity contribution in [3.05, 3.63) is 17.8 Å². The smallest absolute Gasteiger partial charge is 0.309 e. The number of anilines is 2. The zero-order valence-corrected chi connectivity index (χ0v) is 19.2. The molecule has 2 aliphatic rings. The lowest BCUT2D eigenvalue weighted by atomic mass is 9.96. The molecule has 9 nitrogen and oxygen atoms in total. The second kappa shape index (κ2) is 11.8. The molecule has 0 saturated carbocycles. The molecule has 0 spiro atoms. The van der Waals surface area contributed by atoms with Gasteiger partial charge in [-0.3, -0.25) is 14.4 Å². The molecule has 1 aromatic heterocycles. The number of likely N-dealkylation sites (tertiary alicyclic amines) is 1. The summed E-state index contributed by atoms with van der Waals surface area (Å²) in [4.78, 5) is 46.2. The molecule has 0 aromatic carbocycles. The molecule has 0 radical (unpaired) electrons. The number of ether oxygens (including phenoxy) is 1. The minimum absolute atomic E-state index is 0.0720. The summed E-state index contributed by atoms with van der Waals surface area (Å²) in [5.74, 6) is 0.124. The Balaban J connectivity index is 1.76. The Kier molecular flexibility index (Phi) is 8.84. The Bertz CT molecular complexity index is 802. The van der Waals surface area contributed by atoms with Gasteiger partial charge in [-0.05, 0) is 32.3 Å². The van der Waals surface area contributed by atoms with Crippen LogP contribution in [0.2, 0.25) is 0 Å². The van der Waals surface area contributed by atoms with Crippen LogP contribution in [0.25, 0.3) is 0 Å². The molecule has 32 heavy (non-hydrogen) atoms. The van der Waals surface area contributed by atoms with Crippen LogP contribution >= 0.6 is 0 Å². The number of nitrogens with zero attached hydrogens (tertiary/aromatic N) is 3. The maximum atomic E-state index is 13.5. The Morgan fingerprint density at radius 1 is 1.16 bits per heavy atom. The van der Waals surface area contributed by atoms with Crippen LogP contribution in [0, 0.1) is 5.92 Å². The van der Waals surface area contributed by atoms with E-state index in [1.807, 2.05) is 6.92 Å². The number of carbonyl (C=O) groups is 3. The Hall–Kier alpha value is -2.68. The van der Waals surface area contributed by atoms with Crippen molar-refractivity contribution in [3.63, 3.8) is 0 Å². The third kappa shape index (κ3) is 6.18. The van der Waals surface area contributed by atoms with E-state index in [0.717, 1.165) is 39.0 Å². The Labute approximate surface area is 189 Å². The number of esters is 1. The van der Waals surface area contributed by atoms with Crippen LogP contribution < -0.4 is 15.5 Å². The van der Waals surface area contributed by atoms with Crippen LogP contribution in [0.15, 0.2) is 12.3 Å². The predicted molar refractivity (Wildman–Crippen MR) is 123 cm³/mol. The Morgan fingerprint density at radius 2 is 1.88 bits per heavy atom. The summed E-state index contributed by atoms with van der Waals surface area (Å²) < 4.78 is 5.14. The normalized spacial score (nSPS) is 17.2. The third-order valence-corrected chi connectivity index (χ3v) is 5.96. The average molecular weight is 446 g/mol. The molecule has 2 saturated heterocycles. The van der Waals surface area contributed by atoms with Crippen molar-refractivity contribution in [2.45, 2.75) is 46.0 Å². The van der Waals surface area contributed by atoms with Gasteiger partial charge in [0.25, 0.3) is 5.91 Å². The summed E-state index contributed by atoms with van der Waals surface area (Å²) in [6.45, 7) is 8.39. The lowest BCUT2D eigenvalue weighted by molar-refractivity contribution is -0.149. The number of hydrogen-bond donors (Lipinski definition) is 2. The van der Waals surface area contributed by atoms with Gasteiger partial charge in [-0.1, -0.05) is 13.3 Å². The molecule has 0 unspecified atom stereocenters. The van der Waals surface area contributed by atoms with E-state index in [4.69, 9.17) is 4.74 Å². The molecular weight excluding hydrogens is 410 g/mol. The van der Waals surface area contributed by atoms with E-state index < -0.39 is 0 Å². The van der Waals surface area contributed by atoms with Crippen molar-refractivity contribution in [1.82, 2.24) is 15.2 Å². The highest BCUT2D eigenvalue weighted by Gasteiger charge is 2.31. The highest BCUT2D eigenvalue weighted by molar-refractivity contribution is 6.01. The van der Waals surface area contributed by atoms with Crippen molar-refractivity contribution < 1.29 is 19.1 Å². The minimum Gasteiger partial charge on any atom is -0.466 e. The van der Waals surface area contributed by atoms with Crippen LogP contribution in [0.4, 0.5) is 11.5 Å². The molecule has 9 heteroatoms. The van der Waals surface area contributed by atoms with Crippen molar-refractivity contribution in [1.29, 1.82) is 0 Å². The van der Waals surface area contributed by atoms with Gasteiger partial charge in [0.05, 0.1) is 30.0 Å². The maximum absolute atomic E-state index is 13.5. The standard InChI is InChI=1S/C23H35N5O4/c1-3-5-6-20(29)26-18-15-19(21(25-16-18)27-13-9-24-10-14-27)22(30)28-11-7-17(8-12-28)23(31)32-4-2/h15-17,24H,3-14H2,1-2H3,(H,26,29). The van der Waals surface area contributed by atoms with Crippen molar-refractivity contribution in [3.8, 4) is 0 Å². The topological polar surface area (TPSA) is 104 Å². The van der Waals surface area contributed by atoms with Gasteiger partial charge in [0, 0.05) is 45.7 Å². The first-order valence-corrected chi connectivity index (χ1v) is 11.7. The zero-order chi connectivity index (χ0) is 22.9. The first kappa shape index (κ1) is 24.0. The fraction of sp³-hybridized carbons (Fsp3) is 0.652. The van der Waals surface area contributed by atoms with E-state index in [9.17, 15) is 14.4 Å². The van der Waals surface area contributed by atoms with Gasteiger partial charge in [-0.15, -0.1) is 0 Å². The van der Waals surface area contributed by atoms with Crippen molar-refractivity contribution in [2.75, 3.05) is 56.1 Å². The number of nitrogens with one attached hydrogen (secondary N) is 2. The van der Waals surface area contributed by atoms with Gasteiger partial charge in [0.15, 0.2) is 0 Å². The number of unbranched alkanes of at least 4 members (excludes halogenated alkanes) is 1. The summed E-state index contributed by atoms with van der Waals surface area (Å²) in [5, 5.41) is 6.19. The van der Waals surface area contributed by atoms with Crippen LogP contribution in [-0.4, -0.2) is 73.5 Å². The van der Waals surface area contributed by atoms with Gasteiger partial charge < -0.3 is 25.2 Å². The largest absolute Gasteiger partial charge is 0.466 e. The molecular formula is C23H35N5O4. The molecule has 3 rings (SSSR count). The van der Waals surface area contributed by atoms with Crippen LogP contribution in [0.3, 0.4) is 0 Å². The SMILES string of the molecule is CCCCC(=O)Nc1cnc(N2CCNCC2)c(C(=O)N2CCC(C(=O)OCC)CC2)c1. The van der Waals surface area contributed by atoms with Gasteiger partial charge >= 0.3 is 5.97 Å². The van der Waals surface area contributed by atoms with Crippen LogP contribution in [0.1, 0.15) is 56.3 Å². The quantitative estimate of drug-likeness (QED) is 0.590. The zero-order valence-electron chi connectivity index (χ0n) is 19.2. The number of piperidine rings is 1. The summed E-state index contributed by atoms with van der Waals surface area (Å²) >= 11 is 0. The second-order valence-corrected chi connectivity index (χ2v) is 8.30. The van der Waals surface area contributed by atoms with Gasteiger partial charge in [0.2, 0.25) is 5.91 Å². The van der Waals surface area contributed by atoms with Crippen molar-refractivity contribution in [2.24, 2.45) is 5.92 Å². The number of aromatic nitrogens is 1. The summed E-state index contributed by atoms with van der Waals surface area (Å²) in [6.07, 6.45) is 5.02. The number of pyridine rings is 1. The molecule has 0 aliphatic carbocycles. The molecule has 0 atom stereocenters. The van der Waals surface area contributed by atoms with E-state index in [0.29, 0.717) is 56.0 Å². The fourth-order valence-corrected chi connectivity index (χ4v) is 4.12. The van der Waals surface area contributed by atoms with E-state index in [1.165, 1.54) is 0 Å². The number of rotatable bonds is 8. The molecule has 1 aromatic rings. The monoisotopic (exact) mass is 445 g/mol. The highest BCUT2D eigenvalue weighted by atomic mass is 16.5. The van der Waals surface area contributed by atoms with E-state index in [2.05, 4.69) is 20.5 Å². The number of hydrogen-bond acceptors (Lipinski definition) is 7. The molecule has 176 valence electrons. The number of amides is 2. The number of carbonyl (C=O) groups excluding carboxylic acids is 3. The molecule has 2 aliphatic heterocycles. The molecule has 2 N–H and O–H groups in total. The van der Waals surface area contributed by atoms with E-state index >= 15 is 0 Å². The third-order valence-electron chi connectivity index (χ3n) is 5.96. The minimum atomic E-state index is -0.181. The van der Waals surface area contributed by atoms with Gasteiger partial charge in [-0.2, -0.15) is 0 Å². The summed E-state index contributed by atoms with van der Waals surface area (Å²) in [5.41, 5.74) is 1.03. The average Bonchev–Trinajstić information content (AvgIpc) is 2.83. The van der Waals surface area contributed by atoms with Gasteiger partial charge in [0.1, 0.15) is 5.82 Å². The molecule has 2 fully saturated rings. The summed E-state index contributed by atoms with van der Waals surface area (Å²) in [6, 6.07) is 1.74. The lowest BCUT2D eigenvalue weighted by Crippen LogP contribution is -2.45.